The van der Waals surface area contributed by atoms with Crippen LogP contribution < -0.4 is 0 Å². The molecule has 0 radical (unpaired) electrons. The average molecular weight is 367 g/mol. The molecule has 0 heterocycles. The van der Waals surface area contributed by atoms with Crippen molar-refractivity contribution in [3.05, 3.63) is 0 Å². The zero-order chi connectivity index (χ0) is 19.3. The Labute approximate surface area is 159 Å². The zero-order valence-corrected chi connectivity index (χ0v) is 17.7. The van der Waals surface area contributed by atoms with Crippen molar-refractivity contribution >= 4 is 0 Å². The highest BCUT2D eigenvalue weighted by Crippen LogP contribution is 2.39. The van der Waals surface area contributed by atoms with Crippen molar-refractivity contribution in [3.63, 3.8) is 0 Å². The van der Waals surface area contributed by atoms with Gasteiger partial charge in [-0.05, 0) is 67.2 Å². The Morgan fingerprint density at radius 1 is 0.538 bits per heavy atom. The van der Waals surface area contributed by atoms with E-state index in [2.05, 4.69) is 20.5 Å². The molecule has 2 fully saturated rings. The standard InChI is InChI=1S/C20H38N4O2/c1-17(2,3)21-23-19(13-9-7-10-14-19)25-26-20(15-11-8-12-16-20)24-22-18(4,5)6/h7-16H2,1-6H3/b23-21+,24-22+. The van der Waals surface area contributed by atoms with Crippen molar-refractivity contribution in [2.75, 3.05) is 0 Å². The lowest BCUT2D eigenvalue weighted by Gasteiger charge is -2.37. The molecule has 6 heteroatoms. The molecule has 150 valence electrons. The van der Waals surface area contributed by atoms with E-state index in [0.717, 1.165) is 51.4 Å². The Bertz CT molecular complexity index is 445. The lowest BCUT2D eigenvalue weighted by atomic mass is 9.92. The summed E-state index contributed by atoms with van der Waals surface area (Å²) in [4.78, 5) is 12.1. The molecule has 0 amide bonds. The highest BCUT2D eigenvalue weighted by atomic mass is 17.2. The summed E-state index contributed by atoms with van der Waals surface area (Å²) in [6, 6.07) is 0. The molecule has 26 heavy (non-hydrogen) atoms. The van der Waals surface area contributed by atoms with Crippen molar-refractivity contribution < 1.29 is 9.78 Å². The summed E-state index contributed by atoms with van der Waals surface area (Å²) >= 11 is 0. The Kier molecular flexibility index (Phi) is 6.94. The zero-order valence-electron chi connectivity index (χ0n) is 17.7. The van der Waals surface area contributed by atoms with Gasteiger partial charge in [0, 0.05) is 25.7 Å². The predicted octanol–water partition coefficient (Wildman–Crippen LogP) is 6.76. The molecule has 0 bridgehead atoms. The fraction of sp³-hybridized carbons (Fsp3) is 1.00. The van der Waals surface area contributed by atoms with Gasteiger partial charge < -0.3 is 0 Å². The molecule has 2 aliphatic carbocycles. The van der Waals surface area contributed by atoms with Crippen molar-refractivity contribution in [1.29, 1.82) is 0 Å². The minimum Gasteiger partial charge on any atom is -0.202 e. The number of nitrogens with zero attached hydrogens (tertiary/aromatic N) is 4. The maximum Gasteiger partial charge on any atom is 0.212 e. The van der Waals surface area contributed by atoms with Crippen LogP contribution in [0.15, 0.2) is 20.5 Å². The Balaban J connectivity index is 2.15. The van der Waals surface area contributed by atoms with Crippen molar-refractivity contribution in [3.8, 4) is 0 Å². The van der Waals surface area contributed by atoms with Gasteiger partial charge in [0.25, 0.3) is 0 Å². The molecule has 2 aliphatic rings. The van der Waals surface area contributed by atoms with Crippen molar-refractivity contribution in [2.45, 2.75) is 128 Å². The topological polar surface area (TPSA) is 67.9 Å². The fourth-order valence-electron chi connectivity index (χ4n) is 3.25. The smallest absolute Gasteiger partial charge is 0.202 e. The van der Waals surface area contributed by atoms with Gasteiger partial charge in [0.1, 0.15) is 0 Å². The molecular weight excluding hydrogens is 328 g/mol. The minimum absolute atomic E-state index is 0.220. The number of hydrogen-bond donors (Lipinski definition) is 0. The lowest BCUT2D eigenvalue weighted by Crippen LogP contribution is -2.40. The summed E-state index contributed by atoms with van der Waals surface area (Å²) < 4.78 is 0. The average Bonchev–Trinajstić information content (AvgIpc) is 2.58. The molecule has 0 saturated heterocycles. The van der Waals surface area contributed by atoms with E-state index in [9.17, 15) is 0 Å². The molecule has 0 aromatic rings. The normalized spacial score (nSPS) is 24.4. The first-order valence-electron chi connectivity index (χ1n) is 10.3. The van der Waals surface area contributed by atoms with Crippen molar-refractivity contribution in [1.82, 2.24) is 0 Å². The second-order valence-corrected chi connectivity index (χ2v) is 9.92. The van der Waals surface area contributed by atoms with E-state index in [1.807, 2.05) is 41.5 Å². The molecule has 2 saturated carbocycles. The molecule has 2 rings (SSSR count). The Hall–Kier alpha value is -0.880. The highest BCUT2D eigenvalue weighted by molar-refractivity contribution is 4.84. The second-order valence-electron chi connectivity index (χ2n) is 9.92. The van der Waals surface area contributed by atoms with E-state index in [4.69, 9.17) is 9.78 Å². The van der Waals surface area contributed by atoms with Gasteiger partial charge in [-0.1, -0.05) is 12.8 Å². The summed E-state index contributed by atoms with van der Waals surface area (Å²) in [7, 11) is 0. The largest absolute Gasteiger partial charge is 0.212 e. The predicted molar refractivity (Wildman–Crippen MR) is 103 cm³/mol. The number of hydrogen-bond acceptors (Lipinski definition) is 6. The van der Waals surface area contributed by atoms with Crippen LogP contribution in [0.1, 0.15) is 106 Å². The maximum atomic E-state index is 6.06. The third kappa shape index (κ3) is 7.03. The SMILES string of the molecule is CC(C)(C)/N=N/C1(OOC2(/N=N/C(C)(C)C)CCCCC2)CCCCC1. The second kappa shape index (κ2) is 8.42. The third-order valence-electron chi connectivity index (χ3n) is 4.69. The first-order chi connectivity index (χ1) is 12.0. The summed E-state index contributed by atoms with van der Waals surface area (Å²) in [6.45, 7) is 12.3. The molecule has 0 unspecified atom stereocenters. The van der Waals surface area contributed by atoms with E-state index >= 15 is 0 Å². The lowest BCUT2D eigenvalue weighted by molar-refractivity contribution is -0.422. The van der Waals surface area contributed by atoms with E-state index in [0.29, 0.717) is 0 Å². The summed E-state index contributed by atoms with van der Waals surface area (Å²) in [5, 5.41) is 18.2. The van der Waals surface area contributed by atoms with Gasteiger partial charge in [-0.3, -0.25) is 0 Å². The van der Waals surface area contributed by atoms with Crippen LogP contribution in [0.2, 0.25) is 0 Å². The fourth-order valence-corrected chi connectivity index (χ4v) is 3.25. The van der Waals surface area contributed by atoms with Crippen LogP contribution in [0, 0.1) is 0 Å². The van der Waals surface area contributed by atoms with E-state index in [-0.39, 0.29) is 11.1 Å². The highest BCUT2D eigenvalue weighted by Gasteiger charge is 2.41. The van der Waals surface area contributed by atoms with Gasteiger partial charge in [0.2, 0.25) is 11.4 Å². The van der Waals surface area contributed by atoms with Crippen LogP contribution in [0.3, 0.4) is 0 Å². The molecule has 0 aromatic carbocycles. The molecular formula is C20H38N4O2. The third-order valence-corrected chi connectivity index (χ3v) is 4.69. The van der Waals surface area contributed by atoms with Crippen LogP contribution in [0.25, 0.3) is 0 Å². The number of rotatable bonds is 5. The van der Waals surface area contributed by atoms with Crippen LogP contribution >= 0.6 is 0 Å². The van der Waals surface area contributed by atoms with Gasteiger partial charge >= 0.3 is 0 Å². The van der Waals surface area contributed by atoms with Crippen molar-refractivity contribution in [2.24, 2.45) is 20.5 Å². The molecule has 0 atom stereocenters. The number of azo groups is 2. The molecule has 0 aliphatic heterocycles. The van der Waals surface area contributed by atoms with E-state index in [1.165, 1.54) is 12.8 Å². The Morgan fingerprint density at radius 3 is 1.12 bits per heavy atom. The molecule has 0 N–H and O–H groups in total. The summed E-state index contributed by atoms with van der Waals surface area (Å²) in [5.41, 5.74) is -1.79. The minimum atomic E-state index is -0.673. The van der Waals surface area contributed by atoms with E-state index in [1.54, 1.807) is 0 Å². The molecule has 6 nitrogen and oxygen atoms in total. The van der Waals surface area contributed by atoms with Gasteiger partial charge in [-0.25, -0.2) is 9.78 Å². The quantitative estimate of drug-likeness (QED) is 0.306. The van der Waals surface area contributed by atoms with Crippen LogP contribution in [0.4, 0.5) is 0 Å². The summed E-state index contributed by atoms with van der Waals surface area (Å²) in [5.74, 6) is 0. The van der Waals surface area contributed by atoms with E-state index < -0.39 is 11.4 Å². The molecule has 0 aromatic heterocycles. The van der Waals surface area contributed by atoms with Crippen LogP contribution in [0.5, 0.6) is 0 Å². The van der Waals surface area contributed by atoms with Gasteiger partial charge in [-0.2, -0.15) is 20.5 Å². The monoisotopic (exact) mass is 366 g/mol. The first kappa shape index (κ1) is 21.4. The van der Waals surface area contributed by atoms with Crippen LogP contribution in [-0.4, -0.2) is 22.5 Å². The van der Waals surface area contributed by atoms with Gasteiger partial charge in [0.05, 0.1) is 11.1 Å². The summed E-state index contributed by atoms with van der Waals surface area (Å²) in [6.07, 6.45) is 10.2. The van der Waals surface area contributed by atoms with Gasteiger partial charge in [-0.15, -0.1) is 0 Å². The first-order valence-corrected chi connectivity index (χ1v) is 10.3. The van der Waals surface area contributed by atoms with Gasteiger partial charge in [0.15, 0.2) is 0 Å². The Morgan fingerprint density at radius 2 is 0.846 bits per heavy atom. The maximum absolute atomic E-state index is 6.06. The molecule has 0 spiro atoms. The van der Waals surface area contributed by atoms with Crippen LogP contribution in [-0.2, 0) is 9.78 Å².